The lowest BCUT2D eigenvalue weighted by Crippen LogP contribution is -2.13. The zero-order valence-electron chi connectivity index (χ0n) is 6.91. The Labute approximate surface area is 69.4 Å². The van der Waals surface area contributed by atoms with Crippen LogP contribution in [0, 0.1) is 0 Å². The average molecular weight is 169 g/mol. The molecular weight excluding hydrogens is 158 g/mol. The number of rotatable bonds is 1. The molecule has 0 saturated carbocycles. The zero-order chi connectivity index (χ0) is 8.55. The molecule has 1 N–H and O–H groups in total. The van der Waals surface area contributed by atoms with Crippen LogP contribution in [0.3, 0.4) is 0 Å². The van der Waals surface area contributed by atoms with E-state index in [1.165, 1.54) is 4.68 Å². The van der Waals surface area contributed by atoms with Crippen molar-refractivity contribution in [3.05, 3.63) is 16.4 Å². The molecule has 1 atom stereocenters. The first-order valence-electron chi connectivity index (χ1n) is 4.05. The SMILES string of the molecule is Cn1nc(C2CCCN2)oc1=O. The second-order valence-electron chi connectivity index (χ2n) is 2.98. The summed E-state index contributed by atoms with van der Waals surface area (Å²) in [7, 11) is 1.59. The minimum absolute atomic E-state index is 0.138. The van der Waals surface area contributed by atoms with Gasteiger partial charge in [0.1, 0.15) is 0 Å². The Morgan fingerprint density at radius 3 is 3.08 bits per heavy atom. The predicted octanol–water partition coefficient (Wildman–Crippen LogP) is -0.202. The fourth-order valence-corrected chi connectivity index (χ4v) is 1.40. The topological polar surface area (TPSA) is 60.1 Å². The third-order valence-corrected chi connectivity index (χ3v) is 2.06. The molecule has 5 heteroatoms. The van der Waals surface area contributed by atoms with E-state index in [-0.39, 0.29) is 6.04 Å². The van der Waals surface area contributed by atoms with Crippen molar-refractivity contribution in [2.45, 2.75) is 18.9 Å². The van der Waals surface area contributed by atoms with Crippen molar-refractivity contribution in [3.8, 4) is 0 Å². The van der Waals surface area contributed by atoms with Crippen LogP contribution in [0.15, 0.2) is 9.21 Å². The summed E-state index contributed by atoms with van der Waals surface area (Å²) in [5.74, 6) is 0.124. The Morgan fingerprint density at radius 2 is 2.58 bits per heavy atom. The van der Waals surface area contributed by atoms with Crippen molar-refractivity contribution in [1.29, 1.82) is 0 Å². The molecule has 2 heterocycles. The molecule has 0 spiro atoms. The predicted molar refractivity (Wildman–Crippen MR) is 41.7 cm³/mol. The summed E-state index contributed by atoms with van der Waals surface area (Å²) in [5.41, 5.74) is 0. The van der Waals surface area contributed by atoms with Gasteiger partial charge in [-0.3, -0.25) is 0 Å². The van der Waals surface area contributed by atoms with Crippen molar-refractivity contribution in [2.75, 3.05) is 6.54 Å². The smallest absolute Gasteiger partial charge is 0.391 e. The summed E-state index contributed by atoms with van der Waals surface area (Å²) in [4.78, 5) is 10.9. The van der Waals surface area contributed by atoms with Gasteiger partial charge in [0.05, 0.1) is 6.04 Å². The van der Waals surface area contributed by atoms with Gasteiger partial charge in [-0.1, -0.05) is 0 Å². The number of hydrogen-bond acceptors (Lipinski definition) is 4. The van der Waals surface area contributed by atoms with Gasteiger partial charge >= 0.3 is 5.76 Å². The summed E-state index contributed by atoms with van der Waals surface area (Å²) in [6.07, 6.45) is 2.12. The lowest BCUT2D eigenvalue weighted by molar-refractivity contribution is 0.406. The van der Waals surface area contributed by atoms with Crippen LogP contribution >= 0.6 is 0 Å². The molecule has 0 bridgehead atoms. The maximum Gasteiger partial charge on any atom is 0.436 e. The Kier molecular flexibility index (Phi) is 1.73. The van der Waals surface area contributed by atoms with Crippen LogP contribution in [0.2, 0.25) is 0 Å². The molecule has 1 aromatic heterocycles. The highest BCUT2D eigenvalue weighted by atomic mass is 16.4. The Balaban J connectivity index is 2.27. The van der Waals surface area contributed by atoms with Crippen molar-refractivity contribution >= 4 is 0 Å². The molecule has 1 unspecified atom stereocenters. The number of nitrogens with zero attached hydrogens (tertiary/aromatic N) is 2. The largest absolute Gasteiger partial charge is 0.436 e. The van der Waals surface area contributed by atoms with E-state index < -0.39 is 5.76 Å². The molecule has 66 valence electrons. The van der Waals surface area contributed by atoms with E-state index in [0.29, 0.717) is 5.89 Å². The molecule has 2 rings (SSSR count). The summed E-state index contributed by atoms with van der Waals surface area (Å²) in [5, 5.41) is 7.17. The van der Waals surface area contributed by atoms with Crippen LogP contribution in [0.1, 0.15) is 24.8 Å². The van der Waals surface area contributed by atoms with E-state index in [2.05, 4.69) is 10.4 Å². The quantitative estimate of drug-likeness (QED) is 0.632. The van der Waals surface area contributed by atoms with Crippen LogP contribution in [-0.4, -0.2) is 16.3 Å². The van der Waals surface area contributed by atoms with Crippen LogP contribution < -0.4 is 11.1 Å². The monoisotopic (exact) mass is 169 g/mol. The van der Waals surface area contributed by atoms with E-state index in [4.69, 9.17) is 4.42 Å². The fraction of sp³-hybridized carbons (Fsp3) is 0.714. The van der Waals surface area contributed by atoms with E-state index >= 15 is 0 Å². The zero-order valence-corrected chi connectivity index (χ0v) is 6.91. The molecule has 1 fully saturated rings. The van der Waals surface area contributed by atoms with Gasteiger partial charge in [-0.15, -0.1) is 5.10 Å². The van der Waals surface area contributed by atoms with Gasteiger partial charge in [-0.05, 0) is 19.4 Å². The summed E-state index contributed by atoms with van der Waals surface area (Å²) >= 11 is 0. The van der Waals surface area contributed by atoms with Crippen molar-refractivity contribution in [1.82, 2.24) is 15.1 Å². The second kappa shape index (κ2) is 2.75. The molecule has 1 saturated heterocycles. The minimum atomic E-state index is -0.390. The highest BCUT2D eigenvalue weighted by Gasteiger charge is 2.21. The van der Waals surface area contributed by atoms with Crippen LogP contribution in [0.5, 0.6) is 0 Å². The second-order valence-corrected chi connectivity index (χ2v) is 2.98. The fourth-order valence-electron chi connectivity index (χ4n) is 1.40. The van der Waals surface area contributed by atoms with Gasteiger partial charge in [0.25, 0.3) is 0 Å². The third kappa shape index (κ3) is 1.16. The van der Waals surface area contributed by atoms with E-state index in [9.17, 15) is 4.79 Å². The first-order chi connectivity index (χ1) is 5.77. The molecule has 1 aromatic rings. The van der Waals surface area contributed by atoms with E-state index in [1.54, 1.807) is 7.05 Å². The van der Waals surface area contributed by atoms with Gasteiger partial charge in [0.15, 0.2) is 0 Å². The minimum Gasteiger partial charge on any atom is -0.391 e. The first kappa shape index (κ1) is 7.54. The maximum absolute atomic E-state index is 10.9. The van der Waals surface area contributed by atoms with Gasteiger partial charge in [-0.2, -0.15) is 4.68 Å². The van der Waals surface area contributed by atoms with Crippen molar-refractivity contribution in [2.24, 2.45) is 7.05 Å². The molecule has 0 radical (unpaired) electrons. The summed E-state index contributed by atoms with van der Waals surface area (Å²) in [6.45, 7) is 0.977. The van der Waals surface area contributed by atoms with Crippen LogP contribution in [0.25, 0.3) is 0 Å². The number of nitrogens with one attached hydrogen (secondary N) is 1. The standard InChI is InChI=1S/C7H11N3O2/c1-10-7(11)12-6(9-10)5-3-2-4-8-5/h5,8H,2-4H2,1H3. The first-order valence-corrected chi connectivity index (χ1v) is 4.05. The molecule has 1 aliphatic rings. The van der Waals surface area contributed by atoms with E-state index in [0.717, 1.165) is 19.4 Å². The van der Waals surface area contributed by atoms with Crippen molar-refractivity contribution in [3.63, 3.8) is 0 Å². The highest BCUT2D eigenvalue weighted by molar-refractivity contribution is 4.90. The summed E-state index contributed by atoms with van der Waals surface area (Å²) < 4.78 is 6.15. The molecule has 0 amide bonds. The van der Waals surface area contributed by atoms with E-state index in [1.807, 2.05) is 0 Å². The molecule has 0 aromatic carbocycles. The van der Waals surface area contributed by atoms with Crippen LogP contribution in [-0.2, 0) is 7.05 Å². The Hall–Kier alpha value is -1.10. The lowest BCUT2D eigenvalue weighted by atomic mass is 10.2. The van der Waals surface area contributed by atoms with Gasteiger partial charge in [0, 0.05) is 7.05 Å². The number of hydrogen-bond donors (Lipinski definition) is 1. The lowest BCUT2D eigenvalue weighted by Gasteiger charge is -2.01. The number of aromatic nitrogens is 2. The molecule has 12 heavy (non-hydrogen) atoms. The normalized spacial score (nSPS) is 23.2. The maximum atomic E-state index is 10.9. The van der Waals surface area contributed by atoms with Gasteiger partial charge in [-0.25, -0.2) is 4.79 Å². The molecular formula is C7H11N3O2. The highest BCUT2D eigenvalue weighted by Crippen LogP contribution is 2.19. The average Bonchev–Trinajstić information content (AvgIpc) is 2.61. The Morgan fingerprint density at radius 1 is 1.75 bits per heavy atom. The van der Waals surface area contributed by atoms with Crippen LogP contribution in [0.4, 0.5) is 0 Å². The molecule has 5 nitrogen and oxygen atoms in total. The Bertz CT molecular complexity index is 322. The van der Waals surface area contributed by atoms with Gasteiger partial charge < -0.3 is 9.73 Å². The summed E-state index contributed by atoms with van der Waals surface area (Å²) in [6, 6.07) is 0.138. The van der Waals surface area contributed by atoms with Crippen molar-refractivity contribution < 1.29 is 4.42 Å². The molecule has 0 aliphatic carbocycles. The van der Waals surface area contributed by atoms with Gasteiger partial charge in [0.2, 0.25) is 5.89 Å². The number of aryl methyl sites for hydroxylation is 1. The molecule has 1 aliphatic heterocycles. The third-order valence-electron chi connectivity index (χ3n) is 2.06.